The maximum Gasteiger partial charge on any atom is 0.124 e. The van der Waals surface area contributed by atoms with Crippen molar-refractivity contribution in [1.82, 2.24) is 15.0 Å². The number of aromatic nitrogens is 1. The molecule has 1 aliphatic heterocycles. The van der Waals surface area contributed by atoms with Crippen molar-refractivity contribution in [2.75, 3.05) is 20.1 Å². The summed E-state index contributed by atoms with van der Waals surface area (Å²) in [6.07, 6.45) is 1.65. The van der Waals surface area contributed by atoms with Crippen LogP contribution in [0.2, 0.25) is 0 Å². The van der Waals surface area contributed by atoms with Crippen molar-refractivity contribution >= 4 is 0 Å². The third kappa shape index (κ3) is 4.01. The highest BCUT2D eigenvalue weighted by molar-refractivity contribution is 5.14. The minimum atomic E-state index is 0.582. The molecule has 0 N–H and O–H groups in total. The molecule has 0 aliphatic carbocycles. The van der Waals surface area contributed by atoms with E-state index in [1.165, 1.54) is 5.56 Å². The zero-order chi connectivity index (χ0) is 16.2. The quantitative estimate of drug-likeness (QED) is 0.848. The Labute approximate surface area is 139 Å². The summed E-state index contributed by atoms with van der Waals surface area (Å²) in [5.41, 5.74) is 2.42. The topological polar surface area (TPSA) is 32.5 Å². The van der Waals surface area contributed by atoms with E-state index >= 15 is 0 Å². The molecule has 4 nitrogen and oxygen atoms in total. The van der Waals surface area contributed by atoms with E-state index in [-0.39, 0.29) is 0 Å². The summed E-state index contributed by atoms with van der Waals surface area (Å²) in [5, 5.41) is 4.04. The van der Waals surface area contributed by atoms with Crippen LogP contribution in [-0.4, -0.2) is 41.1 Å². The van der Waals surface area contributed by atoms with Crippen LogP contribution in [-0.2, 0) is 13.1 Å². The van der Waals surface area contributed by atoms with Crippen molar-refractivity contribution in [3.8, 4) is 0 Å². The summed E-state index contributed by atoms with van der Waals surface area (Å²) >= 11 is 0. The van der Waals surface area contributed by atoms with E-state index in [1.807, 2.05) is 6.07 Å². The minimum Gasteiger partial charge on any atom is -0.364 e. The number of hydrogen-bond acceptors (Lipinski definition) is 4. The zero-order valence-electron chi connectivity index (χ0n) is 14.4. The second-order valence-electron chi connectivity index (χ2n) is 7.03. The molecule has 4 heteroatoms. The van der Waals surface area contributed by atoms with Crippen LogP contribution in [0.4, 0.5) is 0 Å². The van der Waals surface area contributed by atoms with Crippen LogP contribution < -0.4 is 0 Å². The fraction of sp³-hybridized carbons (Fsp3) is 0.526. The monoisotopic (exact) mass is 313 g/mol. The van der Waals surface area contributed by atoms with Crippen LogP contribution in [0.3, 0.4) is 0 Å². The van der Waals surface area contributed by atoms with Gasteiger partial charge in [-0.2, -0.15) is 0 Å². The van der Waals surface area contributed by atoms with Gasteiger partial charge in [0.1, 0.15) is 6.26 Å². The summed E-state index contributed by atoms with van der Waals surface area (Å²) in [7, 11) is 2.21. The maximum absolute atomic E-state index is 4.95. The molecular formula is C19H27N3O. The number of hydrogen-bond donors (Lipinski definition) is 0. The predicted octanol–water partition coefficient (Wildman–Crippen LogP) is 3.26. The highest BCUT2D eigenvalue weighted by Crippen LogP contribution is 2.28. The maximum atomic E-state index is 4.95. The molecule has 1 aromatic heterocycles. The smallest absolute Gasteiger partial charge is 0.124 e. The van der Waals surface area contributed by atoms with Crippen molar-refractivity contribution in [2.45, 2.75) is 33.0 Å². The zero-order valence-corrected chi connectivity index (χ0v) is 14.4. The van der Waals surface area contributed by atoms with Gasteiger partial charge in [-0.05, 0) is 24.4 Å². The van der Waals surface area contributed by atoms with Crippen LogP contribution in [0.1, 0.15) is 25.1 Å². The van der Waals surface area contributed by atoms with E-state index in [9.17, 15) is 0 Å². The Morgan fingerprint density at radius 2 is 1.83 bits per heavy atom. The van der Waals surface area contributed by atoms with Crippen LogP contribution in [0.15, 0.2) is 47.2 Å². The molecule has 0 amide bonds. The first-order chi connectivity index (χ1) is 11.1. The van der Waals surface area contributed by atoms with Crippen molar-refractivity contribution < 1.29 is 4.52 Å². The Hall–Kier alpha value is -1.65. The molecule has 124 valence electrons. The van der Waals surface area contributed by atoms with Gasteiger partial charge in [-0.3, -0.25) is 9.80 Å². The van der Waals surface area contributed by atoms with Gasteiger partial charge in [0.15, 0.2) is 0 Å². The highest BCUT2D eigenvalue weighted by Gasteiger charge is 2.34. The Morgan fingerprint density at radius 3 is 2.43 bits per heavy atom. The Bertz CT molecular complexity index is 572. The van der Waals surface area contributed by atoms with Crippen LogP contribution in [0, 0.1) is 11.8 Å². The molecule has 1 unspecified atom stereocenters. The lowest BCUT2D eigenvalue weighted by Gasteiger charge is -2.45. The standard InChI is InChI=1S/C19H27N3O/c1-15-11-22(13-17-7-5-4-6-8-17)12-16(2)19(15)21(3)14-18-9-10-23-20-18/h4-10,15-16,19H,11-14H2,1-3H3/t15-,16+,19?. The highest BCUT2D eigenvalue weighted by atomic mass is 16.5. The summed E-state index contributed by atoms with van der Waals surface area (Å²) in [6, 6.07) is 13.3. The molecular weight excluding hydrogens is 286 g/mol. The van der Waals surface area contributed by atoms with E-state index in [4.69, 9.17) is 4.52 Å². The first-order valence-corrected chi connectivity index (χ1v) is 8.49. The molecule has 0 spiro atoms. The summed E-state index contributed by atoms with van der Waals surface area (Å²) in [4.78, 5) is 5.03. The molecule has 3 rings (SSSR count). The van der Waals surface area contributed by atoms with E-state index in [2.05, 4.69) is 66.2 Å². The fourth-order valence-corrected chi connectivity index (χ4v) is 4.19. The van der Waals surface area contributed by atoms with Gasteiger partial charge in [0.2, 0.25) is 0 Å². The van der Waals surface area contributed by atoms with Crippen molar-refractivity contribution in [3.05, 3.63) is 53.9 Å². The molecule has 2 heterocycles. The lowest BCUT2D eigenvalue weighted by Crippen LogP contribution is -2.53. The van der Waals surface area contributed by atoms with E-state index in [1.54, 1.807) is 6.26 Å². The second kappa shape index (κ2) is 7.28. The number of piperidine rings is 1. The van der Waals surface area contributed by atoms with Gasteiger partial charge in [0.25, 0.3) is 0 Å². The summed E-state index contributed by atoms with van der Waals surface area (Å²) in [6.45, 7) is 8.94. The van der Waals surface area contributed by atoms with E-state index < -0.39 is 0 Å². The summed E-state index contributed by atoms with van der Waals surface area (Å²) < 4.78 is 4.95. The van der Waals surface area contributed by atoms with Gasteiger partial charge < -0.3 is 4.52 Å². The number of benzene rings is 1. The van der Waals surface area contributed by atoms with Gasteiger partial charge in [0, 0.05) is 38.3 Å². The average Bonchev–Trinajstić information content (AvgIpc) is 3.00. The molecule has 0 radical (unpaired) electrons. The van der Waals surface area contributed by atoms with Gasteiger partial charge in [-0.25, -0.2) is 0 Å². The van der Waals surface area contributed by atoms with E-state index in [0.717, 1.165) is 31.9 Å². The normalized spacial score (nSPS) is 25.8. The molecule has 1 fully saturated rings. The van der Waals surface area contributed by atoms with Crippen molar-refractivity contribution in [1.29, 1.82) is 0 Å². The largest absolute Gasteiger partial charge is 0.364 e. The number of nitrogens with zero attached hydrogens (tertiary/aromatic N) is 3. The van der Waals surface area contributed by atoms with Gasteiger partial charge in [-0.15, -0.1) is 0 Å². The Kier molecular flexibility index (Phi) is 5.13. The number of rotatable bonds is 5. The third-order valence-corrected chi connectivity index (χ3v) is 4.92. The molecule has 2 aromatic rings. The third-order valence-electron chi connectivity index (χ3n) is 4.92. The molecule has 1 aromatic carbocycles. The van der Waals surface area contributed by atoms with Crippen LogP contribution in [0.5, 0.6) is 0 Å². The Morgan fingerprint density at radius 1 is 1.13 bits per heavy atom. The molecule has 23 heavy (non-hydrogen) atoms. The fourth-order valence-electron chi connectivity index (χ4n) is 4.19. The summed E-state index contributed by atoms with van der Waals surface area (Å²) in [5.74, 6) is 1.28. The van der Waals surface area contributed by atoms with Crippen molar-refractivity contribution in [3.63, 3.8) is 0 Å². The lowest BCUT2D eigenvalue weighted by atomic mass is 9.84. The second-order valence-corrected chi connectivity index (χ2v) is 7.03. The first kappa shape index (κ1) is 16.2. The molecule has 1 aliphatic rings. The molecule has 3 atom stereocenters. The minimum absolute atomic E-state index is 0.582. The van der Waals surface area contributed by atoms with Gasteiger partial charge in [-0.1, -0.05) is 49.3 Å². The van der Waals surface area contributed by atoms with Crippen LogP contribution in [0.25, 0.3) is 0 Å². The average molecular weight is 313 g/mol. The molecule has 0 saturated carbocycles. The number of likely N-dealkylation sites (tertiary alicyclic amines) is 1. The van der Waals surface area contributed by atoms with Gasteiger partial charge >= 0.3 is 0 Å². The lowest BCUT2D eigenvalue weighted by molar-refractivity contribution is 0.0282. The van der Waals surface area contributed by atoms with Crippen LogP contribution >= 0.6 is 0 Å². The predicted molar refractivity (Wildman–Crippen MR) is 91.8 cm³/mol. The van der Waals surface area contributed by atoms with Crippen molar-refractivity contribution in [2.24, 2.45) is 11.8 Å². The van der Waals surface area contributed by atoms with Gasteiger partial charge in [0.05, 0.1) is 5.69 Å². The molecule has 1 saturated heterocycles. The Balaban J connectivity index is 1.60. The SMILES string of the molecule is C[C@@H]1CN(Cc2ccccc2)C[C@H](C)C1N(C)Cc1ccon1. The van der Waals surface area contributed by atoms with E-state index in [0.29, 0.717) is 17.9 Å². The first-order valence-electron chi connectivity index (χ1n) is 8.49. The molecule has 0 bridgehead atoms.